The summed E-state index contributed by atoms with van der Waals surface area (Å²) >= 11 is 13.6. The number of nitrogens with zero attached hydrogens (tertiary/aromatic N) is 3. The lowest BCUT2D eigenvalue weighted by Crippen LogP contribution is -2.40. The number of ether oxygens (including phenoxy) is 1. The van der Waals surface area contributed by atoms with Crippen LogP contribution in [-0.4, -0.2) is 59.6 Å². The Kier molecular flexibility index (Phi) is 11.0. The maximum absolute atomic E-state index is 13.9. The first-order chi connectivity index (χ1) is 22.3. The van der Waals surface area contributed by atoms with E-state index in [0.29, 0.717) is 71.3 Å². The van der Waals surface area contributed by atoms with Gasteiger partial charge in [0.1, 0.15) is 5.82 Å². The monoisotopic (exact) mass is 684 g/mol. The number of nitrogens with two attached hydrogens (primary N) is 1. The molecule has 2 heterocycles. The highest BCUT2D eigenvalue weighted by molar-refractivity contribution is 6.36. The van der Waals surface area contributed by atoms with Crippen LogP contribution in [0.5, 0.6) is 0 Å². The molecule has 0 radical (unpaired) electrons. The third kappa shape index (κ3) is 8.39. The van der Waals surface area contributed by atoms with E-state index in [9.17, 15) is 14.4 Å². The molecule has 5 rings (SSSR count). The average Bonchev–Trinajstić information content (AvgIpc) is 3.37. The molecule has 2 fully saturated rings. The topological polar surface area (TPSA) is 132 Å². The summed E-state index contributed by atoms with van der Waals surface area (Å²) in [6, 6.07) is 7.56. The quantitative estimate of drug-likeness (QED) is 0.254. The van der Waals surface area contributed by atoms with Crippen molar-refractivity contribution in [2.45, 2.75) is 85.4 Å². The molecule has 1 aromatic heterocycles. The van der Waals surface area contributed by atoms with Gasteiger partial charge < -0.3 is 30.6 Å². The second kappa shape index (κ2) is 14.8. The van der Waals surface area contributed by atoms with Gasteiger partial charge >= 0.3 is 0 Å². The van der Waals surface area contributed by atoms with Crippen LogP contribution in [0.1, 0.15) is 87.1 Å². The highest BCUT2D eigenvalue weighted by Crippen LogP contribution is 2.34. The highest BCUT2D eigenvalue weighted by atomic mass is 35.5. The van der Waals surface area contributed by atoms with E-state index in [1.54, 1.807) is 12.1 Å². The van der Waals surface area contributed by atoms with Crippen molar-refractivity contribution in [3.05, 3.63) is 56.8 Å². The van der Waals surface area contributed by atoms with Crippen molar-refractivity contribution >= 4 is 57.6 Å². The van der Waals surface area contributed by atoms with Gasteiger partial charge in [-0.3, -0.25) is 14.4 Å². The van der Waals surface area contributed by atoms with E-state index < -0.39 is 11.3 Å². The summed E-state index contributed by atoms with van der Waals surface area (Å²) in [6.07, 6.45) is 4.50. The van der Waals surface area contributed by atoms with Gasteiger partial charge in [-0.15, -0.1) is 0 Å². The molecule has 0 bridgehead atoms. The summed E-state index contributed by atoms with van der Waals surface area (Å²) < 4.78 is 7.59. The number of carbonyl (C=O) groups excluding carboxylic acids is 3. The van der Waals surface area contributed by atoms with Crippen LogP contribution in [0.15, 0.2) is 24.3 Å². The summed E-state index contributed by atoms with van der Waals surface area (Å²) in [6.45, 7) is 10.8. The number of anilines is 1. The van der Waals surface area contributed by atoms with Gasteiger partial charge in [-0.1, -0.05) is 57.0 Å². The number of aryl methyl sites for hydroxylation is 1. The molecule has 1 aliphatic carbocycles. The zero-order valence-corrected chi connectivity index (χ0v) is 29.3. The number of carbonyl (C=O) groups is 3. The lowest BCUT2D eigenvalue weighted by Gasteiger charge is -2.31. The van der Waals surface area contributed by atoms with Gasteiger partial charge in [-0.2, -0.15) is 0 Å². The highest BCUT2D eigenvalue weighted by Gasteiger charge is 2.27. The lowest BCUT2D eigenvalue weighted by atomic mass is 9.87. The van der Waals surface area contributed by atoms with Crippen molar-refractivity contribution in [2.24, 2.45) is 17.1 Å². The van der Waals surface area contributed by atoms with Crippen LogP contribution in [-0.2, 0) is 33.8 Å². The third-order valence-corrected chi connectivity index (χ3v) is 10.0. The van der Waals surface area contributed by atoms with Gasteiger partial charge in [0.15, 0.2) is 0 Å². The molecule has 3 amide bonds. The fourth-order valence-electron chi connectivity index (χ4n) is 6.28. The molecule has 47 heavy (non-hydrogen) atoms. The average molecular weight is 686 g/mol. The number of aromatic nitrogens is 2. The molecule has 12 heteroatoms. The number of benzene rings is 2. The number of primary amides is 1. The predicted octanol–water partition coefficient (Wildman–Crippen LogP) is 5.62. The van der Waals surface area contributed by atoms with Gasteiger partial charge in [-0.25, -0.2) is 4.98 Å². The van der Waals surface area contributed by atoms with Crippen LogP contribution in [0.25, 0.3) is 11.0 Å². The minimum Gasteiger partial charge on any atom is -0.378 e. The summed E-state index contributed by atoms with van der Waals surface area (Å²) in [4.78, 5) is 45.5. The van der Waals surface area contributed by atoms with Gasteiger partial charge in [-0.05, 0) is 60.9 Å². The zero-order chi connectivity index (χ0) is 33.9. The van der Waals surface area contributed by atoms with Crippen LogP contribution in [0.3, 0.4) is 0 Å². The Labute approximate surface area is 286 Å². The Morgan fingerprint density at radius 1 is 1.06 bits per heavy atom. The number of amides is 3. The lowest BCUT2D eigenvalue weighted by molar-refractivity contribution is -0.128. The Morgan fingerprint density at radius 3 is 2.43 bits per heavy atom. The standard InChI is InChI=1S/C35H46Cl2N6O4/c1-21-5-8-23(9-6-21)40-33(45)25-17-27-29(19-28(25)42-13-15-47-16-14-42)43(12-11-30(38)44)31(41-27)18-24-26(36)10-7-22(32(24)37)20-39-34(46)35(2,3)4/h7,10,17,19,21,23H,5-6,8-9,11-16,18,20H2,1-4H3,(H2,38,44)(H,39,46)(H,40,45). The number of hydrogen-bond acceptors (Lipinski definition) is 6. The van der Waals surface area contributed by atoms with E-state index in [4.69, 9.17) is 38.7 Å². The fourth-order valence-corrected chi connectivity index (χ4v) is 6.85. The molecule has 2 aliphatic rings. The van der Waals surface area contributed by atoms with E-state index in [2.05, 4.69) is 22.5 Å². The first-order valence-corrected chi connectivity index (χ1v) is 17.3. The maximum Gasteiger partial charge on any atom is 0.253 e. The van der Waals surface area contributed by atoms with Crippen LogP contribution in [0.4, 0.5) is 5.69 Å². The Morgan fingerprint density at radius 2 is 1.77 bits per heavy atom. The van der Waals surface area contributed by atoms with Crippen molar-refractivity contribution in [3.8, 4) is 0 Å². The molecule has 4 N–H and O–H groups in total. The summed E-state index contributed by atoms with van der Waals surface area (Å²) in [5.74, 6) is 0.671. The molecule has 1 saturated heterocycles. The van der Waals surface area contributed by atoms with Crippen LogP contribution < -0.4 is 21.3 Å². The van der Waals surface area contributed by atoms with Gasteiger partial charge in [0, 0.05) is 55.5 Å². The van der Waals surface area contributed by atoms with Crippen molar-refractivity contribution < 1.29 is 19.1 Å². The number of rotatable bonds is 10. The van der Waals surface area contributed by atoms with Crippen molar-refractivity contribution in [3.63, 3.8) is 0 Å². The summed E-state index contributed by atoms with van der Waals surface area (Å²) in [5.41, 5.74) is 9.23. The predicted molar refractivity (Wildman–Crippen MR) is 186 cm³/mol. The van der Waals surface area contributed by atoms with Crippen LogP contribution >= 0.6 is 23.2 Å². The molecule has 0 spiro atoms. The van der Waals surface area contributed by atoms with Gasteiger partial charge in [0.05, 0.1) is 40.5 Å². The van der Waals surface area contributed by atoms with Crippen molar-refractivity contribution in [2.75, 3.05) is 31.2 Å². The van der Waals surface area contributed by atoms with E-state index in [1.807, 2.05) is 37.5 Å². The molecular weight excluding hydrogens is 639 g/mol. The number of hydrogen-bond donors (Lipinski definition) is 3. The number of halogens is 2. The Hall–Kier alpha value is -3.34. The molecule has 0 unspecified atom stereocenters. The molecular formula is C35H46Cl2N6O4. The molecule has 1 saturated carbocycles. The smallest absolute Gasteiger partial charge is 0.253 e. The first kappa shape index (κ1) is 35.0. The van der Waals surface area contributed by atoms with E-state index in [-0.39, 0.29) is 37.2 Å². The molecule has 1 aliphatic heterocycles. The third-order valence-electron chi connectivity index (χ3n) is 9.20. The van der Waals surface area contributed by atoms with Crippen molar-refractivity contribution in [1.29, 1.82) is 0 Å². The number of nitrogens with one attached hydrogen (secondary N) is 2. The van der Waals surface area contributed by atoms with Gasteiger partial charge in [0.25, 0.3) is 5.91 Å². The minimum atomic E-state index is -0.544. The Bertz CT molecular complexity index is 1640. The molecule has 10 nitrogen and oxygen atoms in total. The van der Waals surface area contributed by atoms with E-state index >= 15 is 0 Å². The molecule has 3 aromatic rings. The fraction of sp³-hybridized carbons (Fsp3) is 0.543. The summed E-state index contributed by atoms with van der Waals surface area (Å²) in [5, 5.41) is 7.15. The van der Waals surface area contributed by atoms with Crippen molar-refractivity contribution in [1.82, 2.24) is 20.2 Å². The molecule has 0 atom stereocenters. The molecule has 254 valence electrons. The van der Waals surface area contributed by atoms with Crippen LogP contribution in [0.2, 0.25) is 10.0 Å². The second-order valence-electron chi connectivity index (χ2n) is 13.9. The minimum absolute atomic E-state index is 0.0905. The SMILES string of the molecule is CC1CCC(NC(=O)c2cc3nc(Cc4c(Cl)ccc(CNC(=O)C(C)(C)C)c4Cl)n(CCC(N)=O)c3cc2N2CCOCC2)CC1. The van der Waals surface area contributed by atoms with Gasteiger partial charge in [0.2, 0.25) is 11.8 Å². The second-order valence-corrected chi connectivity index (χ2v) is 14.7. The van der Waals surface area contributed by atoms with E-state index in [1.165, 1.54) is 0 Å². The largest absolute Gasteiger partial charge is 0.378 e. The Balaban J connectivity index is 1.54. The van der Waals surface area contributed by atoms with E-state index in [0.717, 1.165) is 42.5 Å². The zero-order valence-electron chi connectivity index (χ0n) is 27.8. The first-order valence-electron chi connectivity index (χ1n) is 16.5. The number of imidazole rings is 1. The number of morpholine rings is 1. The van der Waals surface area contributed by atoms with Crippen LogP contribution in [0, 0.1) is 11.3 Å². The summed E-state index contributed by atoms with van der Waals surface area (Å²) in [7, 11) is 0. The normalized spacial score (nSPS) is 18.7. The number of fused-ring (bicyclic) bond motifs is 1. The maximum atomic E-state index is 13.9. The molecule has 2 aromatic carbocycles.